The van der Waals surface area contributed by atoms with Gasteiger partial charge in [-0.15, -0.1) is 0 Å². The molecular formula is C30H37N9O. The average Bonchev–Trinajstić information content (AvgIpc) is 3.47. The predicted octanol–water partition coefficient (Wildman–Crippen LogP) is 3.27. The van der Waals surface area contributed by atoms with Crippen LogP contribution in [0.4, 0.5) is 5.95 Å². The SMILES string of the molecule is Cc1cc(C)nc(N2CCC3(CC2)NCCN(Cc2nn(C)cc2-c2cccc(-n4nc(C)cc4C)c2)C3=O)n1. The highest BCUT2D eigenvalue weighted by Gasteiger charge is 2.46. The zero-order valence-corrected chi connectivity index (χ0v) is 24.0. The summed E-state index contributed by atoms with van der Waals surface area (Å²) in [6.07, 6.45) is 3.48. The second kappa shape index (κ2) is 10.2. The van der Waals surface area contributed by atoms with E-state index in [9.17, 15) is 4.79 Å². The fourth-order valence-corrected chi connectivity index (χ4v) is 6.16. The molecule has 10 nitrogen and oxygen atoms in total. The summed E-state index contributed by atoms with van der Waals surface area (Å²) in [6.45, 7) is 11.4. The Bertz CT molecular complexity index is 1540. The Kier molecular flexibility index (Phi) is 6.66. The first-order valence-electron chi connectivity index (χ1n) is 14.0. The fourth-order valence-electron chi connectivity index (χ4n) is 6.16. The van der Waals surface area contributed by atoms with Gasteiger partial charge in [-0.1, -0.05) is 12.1 Å². The molecule has 0 bridgehead atoms. The van der Waals surface area contributed by atoms with Crippen molar-refractivity contribution in [1.82, 2.24) is 39.7 Å². The Morgan fingerprint density at radius 1 is 0.925 bits per heavy atom. The molecule has 1 N–H and O–H groups in total. The molecule has 208 valence electrons. The number of piperidine rings is 1. The van der Waals surface area contributed by atoms with E-state index in [1.165, 1.54) is 0 Å². The number of hydrogen-bond acceptors (Lipinski definition) is 7. The number of hydrogen-bond donors (Lipinski definition) is 1. The van der Waals surface area contributed by atoms with Crippen LogP contribution < -0.4 is 10.2 Å². The van der Waals surface area contributed by atoms with E-state index >= 15 is 0 Å². The minimum absolute atomic E-state index is 0.160. The quantitative estimate of drug-likeness (QED) is 0.416. The van der Waals surface area contributed by atoms with Crippen LogP contribution in [-0.2, 0) is 18.4 Å². The molecule has 5 heterocycles. The zero-order chi connectivity index (χ0) is 28.0. The third-order valence-corrected chi connectivity index (χ3v) is 8.07. The van der Waals surface area contributed by atoms with Gasteiger partial charge in [0, 0.05) is 62.1 Å². The van der Waals surface area contributed by atoms with Crippen LogP contribution >= 0.6 is 0 Å². The largest absolute Gasteiger partial charge is 0.341 e. The van der Waals surface area contributed by atoms with Crippen molar-refractivity contribution in [2.75, 3.05) is 31.1 Å². The highest BCUT2D eigenvalue weighted by Crippen LogP contribution is 2.31. The molecule has 0 radical (unpaired) electrons. The summed E-state index contributed by atoms with van der Waals surface area (Å²) in [5, 5.41) is 13.0. The molecule has 0 atom stereocenters. The van der Waals surface area contributed by atoms with Crippen LogP contribution in [-0.4, -0.2) is 72.1 Å². The van der Waals surface area contributed by atoms with Gasteiger partial charge in [-0.2, -0.15) is 10.2 Å². The van der Waals surface area contributed by atoms with Gasteiger partial charge in [0.2, 0.25) is 11.9 Å². The number of carbonyl (C=O) groups is 1. The van der Waals surface area contributed by atoms with Crippen molar-refractivity contribution in [1.29, 1.82) is 0 Å². The Morgan fingerprint density at radius 2 is 1.68 bits per heavy atom. The van der Waals surface area contributed by atoms with Gasteiger partial charge in [0.1, 0.15) is 5.54 Å². The lowest BCUT2D eigenvalue weighted by molar-refractivity contribution is -0.143. The molecule has 2 fully saturated rings. The van der Waals surface area contributed by atoms with Gasteiger partial charge >= 0.3 is 0 Å². The van der Waals surface area contributed by atoms with E-state index in [0.717, 1.165) is 83.7 Å². The summed E-state index contributed by atoms with van der Waals surface area (Å²) < 4.78 is 3.80. The van der Waals surface area contributed by atoms with Crippen molar-refractivity contribution in [2.24, 2.45) is 7.05 Å². The Morgan fingerprint density at radius 3 is 2.38 bits per heavy atom. The molecule has 1 aromatic carbocycles. The summed E-state index contributed by atoms with van der Waals surface area (Å²) in [7, 11) is 1.93. The van der Waals surface area contributed by atoms with Crippen LogP contribution in [0.5, 0.6) is 0 Å². The zero-order valence-electron chi connectivity index (χ0n) is 24.0. The van der Waals surface area contributed by atoms with E-state index in [-0.39, 0.29) is 5.91 Å². The van der Waals surface area contributed by atoms with Crippen LogP contribution in [0.1, 0.15) is 41.3 Å². The standard InChI is InChI=1S/C30H37N9O/c1-20-15-21(2)33-29(32-20)37-12-9-30(10-13-37)28(40)38(14-11-31-30)19-27-26(18-36(5)35-27)24-7-6-8-25(17-24)39-23(4)16-22(3)34-39/h6-8,15-18,31H,9-14,19H2,1-5H3. The summed E-state index contributed by atoms with van der Waals surface area (Å²) in [5.41, 5.74) is 7.46. The molecule has 2 saturated heterocycles. The van der Waals surface area contributed by atoms with E-state index in [1.54, 1.807) is 0 Å². The number of nitrogens with zero attached hydrogens (tertiary/aromatic N) is 8. The van der Waals surface area contributed by atoms with E-state index in [2.05, 4.69) is 62.5 Å². The molecule has 3 aromatic heterocycles. The van der Waals surface area contributed by atoms with Crippen molar-refractivity contribution in [3.05, 3.63) is 71.1 Å². The number of carbonyl (C=O) groups excluding carboxylic acids is 1. The molecule has 6 rings (SSSR count). The van der Waals surface area contributed by atoms with E-state index in [0.29, 0.717) is 13.1 Å². The summed E-state index contributed by atoms with van der Waals surface area (Å²) in [4.78, 5) is 27.4. The molecule has 1 amide bonds. The molecule has 4 aromatic rings. The molecule has 10 heteroatoms. The van der Waals surface area contributed by atoms with Gasteiger partial charge in [0.05, 0.1) is 23.6 Å². The first kappa shape index (κ1) is 26.2. The second-order valence-electron chi connectivity index (χ2n) is 11.2. The number of amides is 1. The van der Waals surface area contributed by atoms with Crippen molar-refractivity contribution >= 4 is 11.9 Å². The first-order chi connectivity index (χ1) is 19.2. The highest BCUT2D eigenvalue weighted by molar-refractivity contribution is 5.87. The molecule has 0 unspecified atom stereocenters. The van der Waals surface area contributed by atoms with Crippen LogP contribution in [0, 0.1) is 27.7 Å². The first-order valence-corrected chi connectivity index (χ1v) is 14.0. The number of benzene rings is 1. The molecule has 0 saturated carbocycles. The van der Waals surface area contributed by atoms with Gasteiger partial charge in [0.15, 0.2) is 0 Å². The number of nitrogens with one attached hydrogen (secondary N) is 1. The summed E-state index contributed by atoms with van der Waals surface area (Å²) >= 11 is 0. The molecule has 0 aliphatic carbocycles. The van der Waals surface area contributed by atoms with Crippen LogP contribution in [0.2, 0.25) is 0 Å². The lowest BCUT2D eigenvalue weighted by Gasteiger charge is -2.47. The van der Waals surface area contributed by atoms with Crippen molar-refractivity contribution in [3.63, 3.8) is 0 Å². The van der Waals surface area contributed by atoms with E-state index < -0.39 is 5.54 Å². The van der Waals surface area contributed by atoms with Gasteiger partial charge in [-0.3, -0.25) is 9.48 Å². The smallest absolute Gasteiger partial charge is 0.243 e. The molecular weight excluding hydrogens is 502 g/mol. The minimum Gasteiger partial charge on any atom is -0.341 e. The molecule has 1 spiro atoms. The second-order valence-corrected chi connectivity index (χ2v) is 11.2. The maximum Gasteiger partial charge on any atom is 0.243 e. The Balaban J connectivity index is 1.21. The van der Waals surface area contributed by atoms with Crippen LogP contribution in [0.15, 0.2) is 42.6 Å². The predicted molar refractivity (Wildman–Crippen MR) is 154 cm³/mol. The number of anilines is 1. The van der Waals surface area contributed by atoms with Crippen molar-refractivity contribution in [2.45, 2.75) is 52.6 Å². The fraction of sp³-hybridized carbons (Fsp3) is 0.433. The van der Waals surface area contributed by atoms with Crippen LogP contribution in [0.3, 0.4) is 0 Å². The number of aryl methyl sites for hydroxylation is 5. The summed E-state index contributed by atoms with van der Waals surface area (Å²) in [6, 6.07) is 12.4. The maximum absolute atomic E-state index is 14.0. The van der Waals surface area contributed by atoms with Gasteiger partial charge in [-0.05, 0) is 70.4 Å². The highest BCUT2D eigenvalue weighted by atomic mass is 16.2. The van der Waals surface area contributed by atoms with Gasteiger partial charge < -0.3 is 15.1 Å². The number of aromatic nitrogens is 6. The van der Waals surface area contributed by atoms with E-state index in [4.69, 9.17) is 5.10 Å². The maximum atomic E-state index is 14.0. The third-order valence-electron chi connectivity index (χ3n) is 8.07. The van der Waals surface area contributed by atoms with Crippen molar-refractivity contribution in [3.8, 4) is 16.8 Å². The van der Waals surface area contributed by atoms with Crippen LogP contribution in [0.25, 0.3) is 16.8 Å². The number of piperazine rings is 1. The molecule has 2 aliphatic rings. The number of rotatable bonds is 5. The Hall–Kier alpha value is -4.05. The molecule has 40 heavy (non-hydrogen) atoms. The third kappa shape index (κ3) is 4.88. The Labute approximate surface area is 235 Å². The average molecular weight is 540 g/mol. The normalized spacial score (nSPS) is 17.2. The molecule has 2 aliphatic heterocycles. The lowest BCUT2D eigenvalue weighted by atomic mass is 9.84. The minimum atomic E-state index is -0.558. The van der Waals surface area contributed by atoms with E-state index in [1.807, 2.05) is 54.3 Å². The summed E-state index contributed by atoms with van der Waals surface area (Å²) in [5.74, 6) is 0.918. The van der Waals surface area contributed by atoms with Gasteiger partial charge in [-0.25, -0.2) is 14.6 Å². The lowest BCUT2D eigenvalue weighted by Crippen LogP contribution is -2.67. The monoisotopic (exact) mass is 539 g/mol. The van der Waals surface area contributed by atoms with Gasteiger partial charge in [0.25, 0.3) is 0 Å². The topological polar surface area (TPSA) is 97.0 Å². The van der Waals surface area contributed by atoms with Crippen molar-refractivity contribution < 1.29 is 4.79 Å².